The maximum absolute atomic E-state index is 12.6. The van der Waals surface area contributed by atoms with Crippen molar-refractivity contribution in [3.8, 4) is 0 Å². The van der Waals surface area contributed by atoms with Crippen molar-refractivity contribution < 1.29 is 4.79 Å². The van der Waals surface area contributed by atoms with E-state index in [2.05, 4.69) is 60.3 Å². The smallest absolute Gasteiger partial charge is 0.267 e. The number of thiophene rings is 1. The third-order valence-electron chi connectivity index (χ3n) is 4.02. The van der Waals surface area contributed by atoms with Crippen molar-refractivity contribution in [2.45, 2.75) is 27.3 Å². The van der Waals surface area contributed by atoms with Gasteiger partial charge in [0.2, 0.25) is 0 Å². The van der Waals surface area contributed by atoms with E-state index in [1.54, 1.807) is 11.3 Å². The average molecular weight is 326 g/mol. The van der Waals surface area contributed by atoms with E-state index in [0.717, 1.165) is 22.5 Å². The van der Waals surface area contributed by atoms with Crippen LogP contribution in [0.3, 0.4) is 0 Å². The van der Waals surface area contributed by atoms with Gasteiger partial charge in [0.05, 0.1) is 10.2 Å². The molecule has 0 radical (unpaired) electrons. The van der Waals surface area contributed by atoms with E-state index in [1.807, 2.05) is 12.1 Å². The van der Waals surface area contributed by atoms with Crippen LogP contribution in [0.4, 0.5) is 0 Å². The highest BCUT2D eigenvalue weighted by Gasteiger charge is 2.17. The second-order valence-electron chi connectivity index (χ2n) is 6.32. The van der Waals surface area contributed by atoms with Crippen molar-refractivity contribution in [1.29, 1.82) is 0 Å². The molecule has 4 heteroatoms. The van der Waals surface area contributed by atoms with Gasteiger partial charge >= 0.3 is 0 Å². The number of carbonyl (C=O) groups excluding carboxylic acids is 1. The Kier molecular flexibility index (Phi) is 4.53. The van der Waals surface area contributed by atoms with Crippen LogP contribution in [0.2, 0.25) is 0 Å². The van der Waals surface area contributed by atoms with Gasteiger partial charge in [-0.05, 0) is 41.5 Å². The number of aryl methyl sites for hydroxylation is 1. The number of nitrogens with zero attached hydrogens (tertiary/aromatic N) is 1. The van der Waals surface area contributed by atoms with Gasteiger partial charge in [-0.3, -0.25) is 4.79 Å². The number of benzene rings is 1. The van der Waals surface area contributed by atoms with Crippen LogP contribution in [0.15, 0.2) is 41.8 Å². The fourth-order valence-electron chi connectivity index (χ4n) is 2.68. The highest BCUT2D eigenvalue weighted by Crippen LogP contribution is 2.26. The van der Waals surface area contributed by atoms with Gasteiger partial charge in [-0.2, -0.15) is 0 Å². The van der Waals surface area contributed by atoms with E-state index >= 15 is 0 Å². The molecule has 1 amide bonds. The summed E-state index contributed by atoms with van der Waals surface area (Å²) in [5, 5.41) is 5.11. The lowest BCUT2D eigenvalue weighted by molar-refractivity contribution is 0.0940. The van der Waals surface area contributed by atoms with Crippen molar-refractivity contribution in [3.05, 3.63) is 58.6 Å². The zero-order valence-electron chi connectivity index (χ0n) is 13.8. The van der Waals surface area contributed by atoms with E-state index in [-0.39, 0.29) is 5.91 Å². The summed E-state index contributed by atoms with van der Waals surface area (Å²) < 4.78 is 3.29. The van der Waals surface area contributed by atoms with E-state index in [1.165, 1.54) is 11.1 Å². The Hall–Kier alpha value is -2.07. The molecule has 0 unspecified atom stereocenters. The van der Waals surface area contributed by atoms with Gasteiger partial charge in [0.1, 0.15) is 5.69 Å². The van der Waals surface area contributed by atoms with Gasteiger partial charge in [0.15, 0.2) is 0 Å². The van der Waals surface area contributed by atoms with Crippen molar-refractivity contribution in [1.82, 2.24) is 9.88 Å². The van der Waals surface area contributed by atoms with E-state index < -0.39 is 0 Å². The van der Waals surface area contributed by atoms with E-state index in [0.29, 0.717) is 12.5 Å². The van der Waals surface area contributed by atoms with Crippen LogP contribution in [0.1, 0.15) is 35.5 Å². The summed E-state index contributed by atoms with van der Waals surface area (Å²) in [7, 11) is 0. The van der Waals surface area contributed by atoms with Crippen molar-refractivity contribution in [2.24, 2.45) is 5.92 Å². The number of nitrogens with one attached hydrogen (secondary N) is 1. The monoisotopic (exact) mass is 326 g/mol. The lowest BCUT2D eigenvalue weighted by Gasteiger charge is -2.13. The van der Waals surface area contributed by atoms with Gasteiger partial charge in [0, 0.05) is 13.1 Å². The average Bonchev–Trinajstić information content (AvgIpc) is 3.09. The predicted octanol–water partition coefficient (Wildman–Crippen LogP) is 4.45. The molecule has 3 rings (SSSR count). The zero-order chi connectivity index (χ0) is 16.4. The molecule has 2 aromatic heterocycles. The van der Waals surface area contributed by atoms with E-state index in [4.69, 9.17) is 0 Å². The van der Waals surface area contributed by atoms with Crippen molar-refractivity contribution in [3.63, 3.8) is 0 Å². The minimum absolute atomic E-state index is 0.00989. The molecule has 3 nitrogen and oxygen atoms in total. The van der Waals surface area contributed by atoms with Gasteiger partial charge in [-0.15, -0.1) is 11.3 Å². The van der Waals surface area contributed by atoms with Gasteiger partial charge in [-0.25, -0.2) is 0 Å². The normalized spacial score (nSPS) is 11.3. The second kappa shape index (κ2) is 6.59. The van der Waals surface area contributed by atoms with Crippen LogP contribution in [0.25, 0.3) is 10.2 Å². The first-order valence-electron chi connectivity index (χ1n) is 7.95. The number of amides is 1. The number of hydrogen-bond donors (Lipinski definition) is 1. The summed E-state index contributed by atoms with van der Waals surface area (Å²) in [6, 6.07) is 12.4. The Morgan fingerprint density at radius 1 is 1.26 bits per heavy atom. The molecule has 0 saturated heterocycles. The molecule has 23 heavy (non-hydrogen) atoms. The Morgan fingerprint density at radius 2 is 2.04 bits per heavy atom. The topological polar surface area (TPSA) is 34.0 Å². The largest absolute Gasteiger partial charge is 0.351 e. The summed E-state index contributed by atoms with van der Waals surface area (Å²) in [5.74, 6) is 0.454. The summed E-state index contributed by atoms with van der Waals surface area (Å²) in [4.78, 5) is 12.6. The highest BCUT2D eigenvalue weighted by molar-refractivity contribution is 7.17. The Morgan fingerprint density at radius 3 is 2.78 bits per heavy atom. The third-order valence-corrected chi connectivity index (χ3v) is 4.87. The van der Waals surface area contributed by atoms with Crippen LogP contribution in [-0.2, 0) is 6.54 Å². The van der Waals surface area contributed by atoms with Crippen LogP contribution >= 0.6 is 11.3 Å². The Bertz CT molecular complexity index is 829. The van der Waals surface area contributed by atoms with Crippen LogP contribution in [0.5, 0.6) is 0 Å². The van der Waals surface area contributed by atoms with Crippen LogP contribution in [-0.4, -0.2) is 17.0 Å². The molecule has 3 aromatic rings. The maximum Gasteiger partial charge on any atom is 0.267 e. The van der Waals surface area contributed by atoms with Crippen molar-refractivity contribution in [2.75, 3.05) is 6.54 Å². The summed E-state index contributed by atoms with van der Waals surface area (Å²) in [6.07, 6.45) is 0. The molecule has 120 valence electrons. The van der Waals surface area contributed by atoms with Crippen molar-refractivity contribution >= 4 is 27.5 Å². The zero-order valence-corrected chi connectivity index (χ0v) is 14.6. The Labute approximate surface area is 140 Å². The second-order valence-corrected chi connectivity index (χ2v) is 7.26. The molecule has 0 atom stereocenters. The van der Waals surface area contributed by atoms with Crippen LogP contribution < -0.4 is 5.32 Å². The van der Waals surface area contributed by atoms with Crippen LogP contribution in [0, 0.1) is 12.8 Å². The molecule has 2 heterocycles. The third kappa shape index (κ3) is 3.32. The molecule has 1 N–H and O–H groups in total. The molecule has 0 bridgehead atoms. The first-order valence-corrected chi connectivity index (χ1v) is 8.83. The molecule has 0 spiro atoms. The number of aromatic nitrogens is 1. The van der Waals surface area contributed by atoms with E-state index in [9.17, 15) is 4.79 Å². The SMILES string of the molecule is Cc1ccccc1Cn1c(C(=O)NCC(C)C)cc2sccc21. The van der Waals surface area contributed by atoms with Gasteiger partial charge in [0.25, 0.3) is 5.91 Å². The minimum atomic E-state index is 0.00989. The maximum atomic E-state index is 12.6. The summed E-state index contributed by atoms with van der Waals surface area (Å²) in [5.41, 5.74) is 4.37. The number of fused-ring (bicyclic) bond motifs is 1. The fourth-order valence-corrected chi connectivity index (χ4v) is 3.50. The first-order chi connectivity index (χ1) is 11.1. The molecular weight excluding hydrogens is 304 g/mol. The molecule has 0 fully saturated rings. The molecule has 0 aliphatic rings. The quantitative estimate of drug-likeness (QED) is 0.738. The molecular formula is C19H22N2OS. The minimum Gasteiger partial charge on any atom is -0.351 e. The molecule has 0 aliphatic carbocycles. The number of carbonyl (C=O) groups is 1. The van der Waals surface area contributed by atoms with Gasteiger partial charge < -0.3 is 9.88 Å². The number of rotatable bonds is 5. The summed E-state index contributed by atoms with van der Waals surface area (Å²) >= 11 is 1.68. The Balaban J connectivity index is 1.97. The molecule has 0 saturated carbocycles. The lowest BCUT2D eigenvalue weighted by atomic mass is 10.1. The first kappa shape index (κ1) is 15.8. The highest BCUT2D eigenvalue weighted by atomic mass is 32.1. The molecule has 1 aromatic carbocycles. The predicted molar refractivity (Wildman–Crippen MR) is 97.3 cm³/mol. The lowest BCUT2D eigenvalue weighted by Crippen LogP contribution is -2.29. The molecule has 0 aliphatic heterocycles. The summed E-state index contributed by atoms with van der Waals surface area (Å²) in [6.45, 7) is 7.73. The fraction of sp³-hybridized carbons (Fsp3) is 0.316. The number of hydrogen-bond acceptors (Lipinski definition) is 2. The van der Waals surface area contributed by atoms with Gasteiger partial charge in [-0.1, -0.05) is 38.1 Å². The standard InChI is InChI=1S/C19H22N2OS/c1-13(2)11-20-19(22)17-10-18-16(8-9-23-18)21(17)12-15-7-5-4-6-14(15)3/h4-10,13H,11-12H2,1-3H3,(H,20,22).